The van der Waals surface area contributed by atoms with E-state index in [0.717, 1.165) is 31.8 Å². The van der Waals surface area contributed by atoms with Gasteiger partial charge in [0.05, 0.1) is 25.9 Å². The Morgan fingerprint density at radius 1 is 1.38 bits per heavy atom. The lowest BCUT2D eigenvalue weighted by Crippen LogP contribution is -2.38. The van der Waals surface area contributed by atoms with Crippen molar-refractivity contribution in [2.24, 2.45) is 0 Å². The van der Waals surface area contributed by atoms with Gasteiger partial charge in [0.15, 0.2) is 0 Å². The van der Waals surface area contributed by atoms with Crippen LogP contribution in [0.1, 0.15) is 5.69 Å². The summed E-state index contributed by atoms with van der Waals surface area (Å²) in [7, 11) is 0. The lowest BCUT2D eigenvalue weighted by Gasteiger charge is -2.23. The minimum Gasteiger partial charge on any atom is -0.376 e. The summed E-state index contributed by atoms with van der Waals surface area (Å²) in [6.45, 7) is 3.93. The SMILES string of the molecule is c1ccc(CCNCC2COCCO2)nc1. The Balaban J connectivity index is 1.58. The number of aromatic nitrogens is 1. The van der Waals surface area contributed by atoms with Crippen molar-refractivity contribution in [1.82, 2.24) is 10.3 Å². The van der Waals surface area contributed by atoms with Crippen molar-refractivity contribution in [2.75, 3.05) is 32.9 Å². The largest absolute Gasteiger partial charge is 0.376 e. The average molecular weight is 222 g/mol. The van der Waals surface area contributed by atoms with Crippen LogP contribution in [0.2, 0.25) is 0 Å². The van der Waals surface area contributed by atoms with Crippen molar-refractivity contribution >= 4 is 0 Å². The van der Waals surface area contributed by atoms with Crippen LogP contribution in [-0.2, 0) is 15.9 Å². The minimum absolute atomic E-state index is 0.206. The van der Waals surface area contributed by atoms with E-state index in [2.05, 4.69) is 10.3 Å². The molecule has 1 N–H and O–H groups in total. The van der Waals surface area contributed by atoms with E-state index in [9.17, 15) is 0 Å². The summed E-state index contributed by atoms with van der Waals surface area (Å²) in [5, 5.41) is 3.36. The van der Waals surface area contributed by atoms with Crippen LogP contribution in [0.5, 0.6) is 0 Å². The Morgan fingerprint density at radius 3 is 3.12 bits per heavy atom. The van der Waals surface area contributed by atoms with Crippen molar-refractivity contribution in [1.29, 1.82) is 0 Å². The van der Waals surface area contributed by atoms with E-state index >= 15 is 0 Å². The first-order valence-corrected chi connectivity index (χ1v) is 5.75. The van der Waals surface area contributed by atoms with Gasteiger partial charge in [0.1, 0.15) is 0 Å². The number of nitrogens with one attached hydrogen (secondary N) is 1. The maximum Gasteiger partial charge on any atom is 0.0933 e. The van der Waals surface area contributed by atoms with Gasteiger partial charge >= 0.3 is 0 Å². The second-order valence-corrected chi connectivity index (χ2v) is 3.84. The van der Waals surface area contributed by atoms with Crippen LogP contribution in [0.25, 0.3) is 0 Å². The van der Waals surface area contributed by atoms with E-state index in [4.69, 9.17) is 9.47 Å². The first-order valence-electron chi connectivity index (χ1n) is 5.75. The fourth-order valence-electron chi connectivity index (χ4n) is 1.68. The maximum atomic E-state index is 5.53. The first-order chi connectivity index (χ1) is 7.95. The van der Waals surface area contributed by atoms with Crippen molar-refractivity contribution in [3.8, 4) is 0 Å². The molecule has 0 aliphatic carbocycles. The van der Waals surface area contributed by atoms with E-state index in [1.54, 1.807) is 0 Å². The van der Waals surface area contributed by atoms with Gasteiger partial charge in [0.25, 0.3) is 0 Å². The van der Waals surface area contributed by atoms with Crippen LogP contribution in [0.15, 0.2) is 24.4 Å². The molecule has 1 aliphatic rings. The van der Waals surface area contributed by atoms with Gasteiger partial charge in [0.2, 0.25) is 0 Å². The molecule has 0 aromatic carbocycles. The van der Waals surface area contributed by atoms with Crippen LogP contribution in [0.4, 0.5) is 0 Å². The van der Waals surface area contributed by atoms with Crippen molar-refractivity contribution in [2.45, 2.75) is 12.5 Å². The molecule has 4 heteroatoms. The zero-order chi connectivity index (χ0) is 11.1. The third-order valence-corrected chi connectivity index (χ3v) is 2.54. The van der Waals surface area contributed by atoms with Gasteiger partial charge in [-0.05, 0) is 12.1 Å². The second-order valence-electron chi connectivity index (χ2n) is 3.84. The van der Waals surface area contributed by atoms with E-state index in [-0.39, 0.29) is 6.10 Å². The molecule has 2 heterocycles. The molecule has 0 amide bonds. The normalized spacial score (nSPS) is 20.9. The number of nitrogens with zero attached hydrogens (tertiary/aromatic N) is 1. The van der Waals surface area contributed by atoms with E-state index in [0.29, 0.717) is 13.2 Å². The van der Waals surface area contributed by atoms with Gasteiger partial charge < -0.3 is 14.8 Å². The topological polar surface area (TPSA) is 43.4 Å². The molecular weight excluding hydrogens is 204 g/mol. The summed E-state index contributed by atoms with van der Waals surface area (Å²) in [5.41, 5.74) is 1.12. The van der Waals surface area contributed by atoms with E-state index in [1.165, 1.54) is 0 Å². The second kappa shape index (κ2) is 6.58. The summed E-state index contributed by atoms with van der Waals surface area (Å²) in [4.78, 5) is 4.27. The molecule has 4 nitrogen and oxygen atoms in total. The molecule has 0 bridgehead atoms. The molecule has 1 atom stereocenters. The Labute approximate surface area is 96.0 Å². The smallest absolute Gasteiger partial charge is 0.0933 e. The Bertz CT molecular complexity index is 286. The molecule has 0 saturated carbocycles. The van der Waals surface area contributed by atoms with Crippen LogP contribution in [0, 0.1) is 0 Å². The molecule has 88 valence electrons. The summed E-state index contributed by atoms with van der Waals surface area (Å²) in [6.07, 6.45) is 2.99. The summed E-state index contributed by atoms with van der Waals surface area (Å²) in [6, 6.07) is 5.99. The summed E-state index contributed by atoms with van der Waals surface area (Å²) in [5.74, 6) is 0. The zero-order valence-corrected chi connectivity index (χ0v) is 9.39. The number of pyridine rings is 1. The van der Waals surface area contributed by atoms with Gasteiger partial charge in [-0.1, -0.05) is 6.07 Å². The Kier molecular flexibility index (Phi) is 4.73. The molecule has 0 spiro atoms. The standard InChI is InChI=1S/C12H18N2O2/c1-2-5-14-11(3-1)4-6-13-9-12-10-15-7-8-16-12/h1-3,5,12-13H,4,6-10H2. The summed E-state index contributed by atoms with van der Waals surface area (Å²) < 4.78 is 10.8. The van der Waals surface area contributed by atoms with Crippen LogP contribution in [0.3, 0.4) is 0 Å². The van der Waals surface area contributed by atoms with Crippen LogP contribution >= 0.6 is 0 Å². The van der Waals surface area contributed by atoms with Crippen molar-refractivity contribution in [3.63, 3.8) is 0 Å². The molecular formula is C12H18N2O2. The van der Waals surface area contributed by atoms with Gasteiger partial charge in [-0.3, -0.25) is 4.98 Å². The van der Waals surface area contributed by atoms with Crippen molar-refractivity contribution in [3.05, 3.63) is 30.1 Å². The Morgan fingerprint density at radius 2 is 2.38 bits per heavy atom. The molecule has 1 aromatic heterocycles. The lowest BCUT2D eigenvalue weighted by atomic mass is 10.2. The van der Waals surface area contributed by atoms with Gasteiger partial charge in [-0.15, -0.1) is 0 Å². The van der Waals surface area contributed by atoms with Crippen LogP contribution < -0.4 is 5.32 Å². The van der Waals surface area contributed by atoms with Gasteiger partial charge in [-0.25, -0.2) is 0 Å². The third kappa shape index (κ3) is 3.89. The van der Waals surface area contributed by atoms with E-state index < -0.39 is 0 Å². The monoisotopic (exact) mass is 222 g/mol. The lowest BCUT2D eigenvalue weighted by molar-refractivity contribution is -0.0862. The molecule has 0 radical (unpaired) electrons. The molecule has 2 rings (SSSR count). The average Bonchev–Trinajstić information content (AvgIpc) is 2.37. The highest BCUT2D eigenvalue weighted by molar-refractivity contribution is 5.03. The summed E-state index contributed by atoms with van der Waals surface area (Å²) >= 11 is 0. The molecule has 1 aromatic rings. The third-order valence-electron chi connectivity index (χ3n) is 2.54. The van der Waals surface area contributed by atoms with Gasteiger partial charge in [-0.2, -0.15) is 0 Å². The predicted octanol–water partition coefficient (Wildman–Crippen LogP) is 0.629. The highest BCUT2D eigenvalue weighted by atomic mass is 16.6. The maximum absolute atomic E-state index is 5.53. The van der Waals surface area contributed by atoms with Gasteiger partial charge in [0, 0.05) is 31.4 Å². The fraction of sp³-hybridized carbons (Fsp3) is 0.583. The van der Waals surface area contributed by atoms with Crippen molar-refractivity contribution < 1.29 is 9.47 Å². The molecule has 1 fully saturated rings. The highest BCUT2D eigenvalue weighted by Crippen LogP contribution is 1.99. The zero-order valence-electron chi connectivity index (χ0n) is 9.39. The first kappa shape index (κ1) is 11.5. The Hall–Kier alpha value is -0.970. The van der Waals surface area contributed by atoms with E-state index in [1.807, 2.05) is 24.4 Å². The number of hydrogen-bond acceptors (Lipinski definition) is 4. The van der Waals surface area contributed by atoms with Crippen LogP contribution in [-0.4, -0.2) is 44.0 Å². The molecule has 16 heavy (non-hydrogen) atoms. The predicted molar refractivity (Wildman–Crippen MR) is 61.4 cm³/mol. The quantitative estimate of drug-likeness (QED) is 0.742. The fourth-order valence-corrected chi connectivity index (χ4v) is 1.68. The molecule has 1 unspecified atom stereocenters. The number of ether oxygens (including phenoxy) is 2. The molecule has 1 aliphatic heterocycles. The number of rotatable bonds is 5. The number of hydrogen-bond donors (Lipinski definition) is 1. The molecule has 1 saturated heterocycles. The minimum atomic E-state index is 0.206. The highest BCUT2D eigenvalue weighted by Gasteiger charge is 2.12.